The van der Waals surface area contributed by atoms with Gasteiger partial charge in [-0.25, -0.2) is 4.39 Å². The minimum absolute atomic E-state index is 0.143. The molecule has 1 N–H and O–H groups in total. The van der Waals surface area contributed by atoms with E-state index < -0.39 is 0 Å². The van der Waals surface area contributed by atoms with Gasteiger partial charge in [-0.15, -0.1) is 0 Å². The minimum atomic E-state index is -0.143. The number of nitrogens with one attached hydrogen (secondary N) is 1. The molecule has 2 atom stereocenters. The van der Waals surface area contributed by atoms with Crippen molar-refractivity contribution in [1.82, 2.24) is 5.32 Å². The molecular formula is C14H20FNS2. The lowest BCUT2D eigenvalue weighted by Crippen LogP contribution is -2.31. The fourth-order valence-corrected chi connectivity index (χ4v) is 4.77. The summed E-state index contributed by atoms with van der Waals surface area (Å²) in [5, 5.41) is 4.28. The van der Waals surface area contributed by atoms with E-state index in [4.69, 9.17) is 0 Å². The number of thioether (sulfide) groups is 2. The van der Waals surface area contributed by atoms with E-state index in [1.54, 1.807) is 12.1 Å². The number of halogens is 1. The van der Waals surface area contributed by atoms with Crippen LogP contribution in [0.2, 0.25) is 0 Å². The molecule has 1 aromatic rings. The fourth-order valence-electron chi connectivity index (χ4n) is 2.15. The van der Waals surface area contributed by atoms with Gasteiger partial charge in [0.05, 0.1) is 0 Å². The third-order valence-corrected chi connectivity index (χ3v) is 5.98. The summed E-state index contributed by atoms with van der Waals surface area (Å²) in [4.78, 5) is 0. The molecule has 4 heteroatoms. The average Bonchev–Trinajstić information content (AvgIpc) is 2.41. The predicted octanol–water partition coefficient (Wildman–Crippen LogP) is 3.72. The summed E-state index contributed by atoms with van der Waals surface area (Å²) in [6, 6.07) is 7.22. The summed E-state index contributed by atoms with van der Waals surface area (Å²) >= 11 is 4.10. The average molecular weight is 285 g/mol. The van der Waals surface area contributed by atoms with Crippen molar-refractivity contribution in [2.75, 3.05) is 23.8 Å². The molecule has 1 fully saturated rings. The Kier molecular flexibility index (Phi) is 5.86. The zero-order valence-electron chi connectivity index (χ0n) is 10.7. The third kappa shape index (κ3) is 4.18. The van der Waals surface area contributed by atoms with Crippen molar-refractivity contribution in [2.24, 2.45) is 0 Å². The molecule has 100 valence electrons. The van der Waals surface area contributed by atoms with Crippen LogP contribution in [-0.4, -0.2) is 29.1 Å². The van der Waals surface area contributed by atoms with Crippen LogP contribution in [0.5, 0.6) is 0 Å². The topological polar surface area (TPSA) is 12.0 Å². The number of hydrogen-bond donors (Lipinski definition) is 1. The Balaban J connectivity index is 1.88. The summed E-state index contributed by atoms with van der Waals surface area (Å²) in [6.45, 7) is 3.16. The van der Waals surface area contributed by atoms with Crippen LogP contribution in [0.3, 0.4) is 0 Å². The highest BCUT2D eigenvalue weighted by Crippen LogP contribution is 2.25. The Morgan fingerprint density at radius 3 is 3.00 bits per heavy atom. The lowest BCUT2D eigenvalue weighted by molar-refractivity contribution is 0.518. The first-order valence-corrected chi connectivity index (χ1v) is 8.68. The maximum absolute atomic E-state index is 13.2. The van der Waals surface area contributed by atoms with Crippen molar-refractivity contribution in [2.45, 2.75) is 24.6 Å². The van der Waals surface area contributed by atoms with Crippen molar-refractivity contribution in [3.05, 3.63) is 35.6 Å². The monoisotopic (exact) mass is 285 g/mol. The maximum atomic E-state index is 13.2. The Morgan fingerprint density at radius 1 is 1.44 bits per heavy atom. The first kappa shape index (κ1) is 14.2. The molecule has 0 saturated carbocycles. The number of hydrogen-bond acceptors (Lipinski definition) is 3. The van der Waals surface area contributed by atoms with Gasteiger partial charge in [-0.3, -0.25) is 0 Å². The van der Waals surface area contributed by atoms with Crippen molar-refractivity contribution in [1.29, 1.82) is 0 Å². The summed E-state index contributed by atoms with van der Waals surface area (Å²) in [6.07, 6.45) is 0.994. The lowest BCUT2D eigenvalue weighted by Gasteiger charge is -2.24. The van der Waals surface area contributed by atoms with E-state index in [1.165, 1.54) is 23.3 Å². The van der Waals surface area contributed by atoms with Crippen LogP contribution in [0.4, 0.5) is 4.39 Å². The molecule has 0 amide bonds. The molecule has 1 aromatic carbocycles. The highest BCUT2D eigenvalue weighted by Gasteiger charge is 2.16. The van der Waals surface area contributed by atoms with Gasteiger partial charge >= 0.3 is 0 Å². The third-order valence-electron chi connectivity index (χ3n) is 3.14. The first-order valence-electron chi connectivity index (χ1n) is 6.47. The van der Waals surface area contributed by atoms with Crippen molar-refractivity contribution >= 4 is 23.5 Å². The molecule has 0 aliphatic carbocycles. The molecule has 0 bridgehead atoms. The molecule has 0 aromatic heterocycles. The molecule has 1 aliphatic rings. The van der Waals surface area contributed by atoms with Crippen molar-refractivity contribution in [3.63, 3.8) is 0 Å². The van der Waals surface area contributed by atoms with E-state index in [9.17, 15) is 4.39 Å². The van der Waals surface area contributed by atoms with Crippen molar-refractivity contribution < 1.29 is 4.39 Å². The second-order valence-electron chi connectivity index (χ2n) is 4.49. The molecule has 0 spiro atoms. The normalized spacial score (nSPS) is 21.8. The van der Waals surface area contributed by atoms with Gasteiger partial charge in [0.15, 0.2) is 0 Å². The van der Waals surface area contributed by atoms with Gasteiger partial charge in [0.1, 0.15) is 5.82 Å². The first-order chi connectivity index (χ1) is 8.79. The van der Waals surface area contributed by atoms with Gasteiger partial charge in [-0.1, -0.05) is 19.1 Å². The quantitative estimate of drug-likeness (QED) is 0.885. The second kappa shape index (κ2) is 7.41. The van der Waals surface area contributed by atoms with E-state index in [0.29, 0.717) is 5.25 Å². The molecule has 2 rings (SSSR count). The highest BCUT2D eigenvalue weighted by molar-refractivity contribution is 8.06. The van der Waals surface area contributed by atoms with E-state index in [0.717, 1.165) is 18.5 Å². The smallest absolute Gasteiger partial charge is 0.123 e. The van der Waals surface area contributed by atoms with Crippen LogP contribution in [0.1, 0.15) is 24.9 Å². The van der Waals surface area contributed by atoms with Crippen LogP contribution in [0, 0.1) is 5.82 Å². The molecule has 0 radical (unpaired) electrons. The van der Waals surface area contributed by atoms with Gasteiger partial charge in [-0.05, 0) is 24.1 Å². The summed E-state index contributed by atoms with van der Waals surface area (Å²) < 4.78 is 13.2. The summed E-state index contributed by atoms with van der Waals surface area (Å²) in [5.74, 6) is 3.63. The van der Waals surface area contributed by atoms with Crippen LogP contribution in [0.15, 0.2) is 24.3 Å². The molecule has 18 heavy (non-hydrogen) atoms. The Hall–Kier alpha value is -0.190. The van der Waals surface area contributed by atoms with Gasteiger partial charge < -0.3 is 5.32 Å². The molecular weight excluding hydrogens is 265 g/mol. The Bertz CT molecular complexity index is 367. The van der Waals surface area contributed by atoms with Crippen LogP contribution < -0.4 is 5.32 Å². The second-order valence-corrected chi connectivity index (χ2v) is 7.05. The molecule has 1 aliphatic heterocycles. The zero-order valence-corrected chi connectivity index (χ0v) is 12.3. The zero-order chi connectivity index (χ0) is 12.8. The minimum Gasteiger partial charge on any atom is -0.309 e. The summed E-state index contributed by atoms with van der Waals surface area (Å²) in [5.41, 5.74) is 1.06. The van der Waals surface area contributed by atoms with Gasteiger partial charge in [0.2, 0.25) is 0 Å². The lowest BCUT2D eigenvalue weighted by atomic mass is 10.0. The number of rotatable bonds is 5. The highest BCUT2D eigenvalue weighted by atomic mass is 32.2. The fraction of sp³-hybridized carbons (Fsp3) is 0.571. The standard InChI is InChI=1S/C14H20FNS2/c1-2-14(11-4-3-5-12(15)8-11)16-9-13-10-17-6-7-18-13/h3-5,8,13-14,16H,2,6-7,9-10H2,1H3. The van der Waals surface area contributed by atoms with Gasteiger partial charge in [0, 0.05) is 35.1 Å². The van der Waals surface area contributed by atoms with Crippen LogP contribution in [0.25, 0.3) is 0 Å². The van der Waals surface area contributed by atoms with E-state index in [2.05, 4.69) is 24.0 Å². The van der Waals surface area contributed by atoms with Gasteiger partial charge in [-0.2, -0.15) is 23.5 Å². The Labute approximate surface area is 117 Å². The molecule has 1 heterocycles. The SMILES string of the molecule is CCC(NCC1CSCCS1)c1cccc(F)c1. The molecule has 1 saturated heterocycles. The van der Waals surface area contributed by atoms with Crippen LogP contribution in [-0.2, 0) is 0 Å². The number of benzene rings is 1. The van der Waals surface area contributed by atoms with Crippen molar-refractivity contribution in [3.8, 4) is 0 Å². The van der Waals surface area contributed by atoms with Gasteiger partial charge in [0.25, 0.3) is 0 Å². The van der Waals surface area contributed by atoms with E-state index in [1.807, 2.05) is 17.8 Å². The van der Waals surface area contributed by atoms with Crippen LogP contribution >= 0.6 is 23.5 Å². The predicted molar refractivity (Wildman–Crippen MR) is 81.0 cm³/mol. The summed E-state index contributed by atoms with van der Waals surface area (Å²) in [7, 11) is 0. The Morgan fingerprint density at radius 2 is 2.33 bits per heavy atom. The molecule has 1 nitrogen and oxygen atoms in total. The molecule has 2 unspecified atom stereocenters. The maximum Gasteiger partial charge on any atom is 0.123 e. The van der Waals surface area contributed by atoms with E-state index >= 15 is 0 Å². The van der Waals surface area contributed by atoms with E-state index in [-0.39, 0.29) is 11.9 Å². The largest absolute Gasteiger partial charge is 0.309 e.